The Labute approximate surface area is 103 Å². The summed E-state index contributed by atoms with van der Waals surface area (Å²) in [7, 11) is 1.47. The normalized spacial score (nSPS) is 13.5. The second-order valence-electron chi connectivity index (χ2n) is 5.43. The van der Waals surface area contributed by atoms with Gasteiger partial charge in [-0.1, -0.05) is 13.0 Å². The molecule has 0 aliphatic rings. The molecule has 0 aliphatic carbocycles. The van der Waals surface area contributed by atoms with Gasteiger partial charge in [-0.3, -0.25) is 0 Å². The van der Waals surface area contributed by atoms with Crippen molar-refractivity contribution in [1.82, 2.24) is 5.32 Å². The number of ether oxygens (including phenoxy) is 1. The highest BCUT2D eigenvalue weighted by Gasteiger charge is 2.13. The van der Waals surface area contributed by atoms with Crippen molar-refractivity contribution in [2.24, 2.45) is 0 Å². The van der Waals surface area contributed by atoms with Gasteiger partial charge in [-0.15, -0.1) is 0 Å². The summed E-state index contributed by atoms with van der Waals surface area (Å²) in [6.07, 6.45) is 0. The Morgan fingerprint density at radius 1 is 1.35 bits per heavy atom. The lowest BCUT2D eigenvalue weighted by atomic mass is 9.99. The highest BCUT2D eigenvalue weighted by molar-refractivity contribution is 5.31. The van der Waals surface area contributed by atoms with Crippen LogP contribution in [0, 0.1) is 5.82 Å². The van der Waals surface area contributed by atoms with E-state index in [4.69, 9.17) is 4.74 Å². The van der Waals surface area contributed by atoms with Crippen LogP contribution in [0.5, 0.6) is 5.75 Å². The second kappa shape index (κ2) is 5.50. The summed E-state index contributed by atoms with van der Waals surface area (Å²) in [5.74, 6) is 0.270. The van der Waals surface area contributed by atoms with Gasteiger partial charge in [-0.05, 0) is 44.4 Å². The maximum atomic E-state index is 13.5. The summed E-state index contributed by atoms with van der Waals surface area (Å²) < 4.78 is 18.4. The maximum absolute atomic E-state index is 13.5. The van der Waals surface area contributed by atoms with E-state index in [0.29, 0.717) is 5.75 Å². The van der Waals surface area contributed by atoms with Gasteiger partial charge in [0.1, 0.15) is 0 Å². The third-order valence-corrected chi connectivity index (χ3v) is 2.68. The number of methoxy groups -OCH3 is 1. The molecule has 0 saturated heterocycles. The standard InChI is InChI=1S/C14H22FNO/c1-10(9-16-14(2,3)4)11-6-7-13(17-5)12(15)8-11/h6-8,10,16H,9H2,1-5H3. The second-order valence-corrected chi connectivity index (χ2v) is 5.43. The first-order valence-electron chi connectivity index (χ1n) is 5.92. The molecular formula is C14H22FNO. The molecule has 0 fully saturated rings. The highest BCUT2D eigenvalue weighted by Crippen LogP contribution is 2.22. The lowest BCUT2D eigenvalue weighted by molar-refractivity contribution is 0.385. The summed E-state index contributed by atoms with van der Waals surface area (Å²) in [5, 5.41) is 3.41. The number of benzene rings is 1. The van der Waals surface area contributed by atoms with Crippen molar-refractivity contribution in [3.63, 3.8) is 0 Å². The van der Waals surface area contributed by atoms with Gasteiger partial charge in [-0.2, -0.15) is 0 Å². The fraction of sp³-hybridized carbons (Fsp3) is 0.571. The van der Waals surface area contributed by atoms with Crippen LogP contribution in [0.15, 0.2) is 18.2 Å². The molecule has 1 atom stereocenters. The van der Waals surface area contributed by atoms with Crippen LogP contribution in [0.4, 0.5) is 4.39 Å². The van der Waals surface area contributed by atoms with E-state index >= 15 is 0 Å². The average molecular weight is 239 g/mol. The fourth-order valence-corrected chi connectivity index (χ4v) is 1.57. The molecule has 96 valence electrons. The number of halogens is 1. The first kappa shape index (κ1) is 14.0. The van der Waals surface area contributed by atoms with Crippen LogP contribution in [0.1, 0.15) is 39.2 Å². The molecule has 0 heterocycles. The summed E-state index contributed by atoms with van der Waals surface area (Å²) in [5.41, 5.74) is 1.07. The van der Waals surface area contributed by atoms with E-state index in [-0.39, 0.29) is 17.3 Å². The SMILES string of the molecule is COc1ccc(C(C)CNC(C)(C)C)cc1F. The fourth-order valence-electron chi connectivity index (χ4n) is 1.57. The average Bonchev–Trinajstić information content (AvgIpc) is 2.24. The monoisotopic (exact) mass is 239 g/mol. The molecule has 0 spiro atoms. The molecule has 0 radical (unpaired) electrons. The van der Waals surface area contributed by atoms with Crippen molar-refractivity contribution >= 4 is 0 Å². The summed E-state index contributed by atoms with van der Waals surface area (Å²) in [6, 6.07) is 5.14. The van der Waals surface area contributed by atoms with Gasteiger partial charge < -0.3 is 10.1 Å². The summed E-state index contributed by atoms with van der Waals surface area (Å²) in [4.78, 5) is 0. The zero-order valence-electron chi connectivity index (χ0n) is 11.3. The molecule has 3 heteroatoms. The van der Waals surface area contributed by atoms with E-state index in [0.717, 1.165) is 12.1 Å². The van der Waals surface area contributed by atoms with E-state index in [1.165, 1.54) is 7.11 Å². The van der Waals surface area contributed by atoms with Crippen molar-refractivity contribution < 1.29 is 9.13 Å². The summed E-state index contributed by atoms with van der Waals surface area (Å²) in [6.45, 7) is 9.27. The molecule has 0 aliphatic heterocycles. The van der Waals surface area contributed by atoms with Crippen LogP contribution < -0.4 is 10.1 Å². The minimum Gasteiger partial charge on any atom is -0.494 e. The quantitative estimate of drug-likeness (QED) is 0.870. The Bertz CT molecular complexity index is 371. The lowest BCUT2D eigenvalue weighted by Crippen LogP contribution is -2.38. The first-order valence-corrected chi connectivity index (χ1v) is 5.92. The van der Waals surface area contributed by atoms with Gasteiger partial charge in [0.05, 0.1) is 7.11 Å². The van der Waals surface area contributed by atoms with Crippen molar-refractivity contribution in [3.05, 3.63) is 29.6 Å². The Hall–Kier alpha value is -1.09. The Kier molecular flexibility index (Phi) is 4.52. The molecule has 17 heavy (non-hydrogen) atoms. The van der Waals surface area contributed by atoms with Gasteiger partial charge in [0.25, 0.3) is 0 Å². The third kappa shape index (κ3) is 4.35. The number of hydrogen-bond acceptors (Lipinski definition) is 2. The molecule has 1 aromatic rings. The van der Waals surface area contributed by atoms with E-state index in [1.54, 1.807) is 12.1 Å². The Morgan fingerprint density at radius 3 is 2.47 bits per heavy atom. The molecule has 1 rings (SSSR count). The number of hydrogen-bond donors (Lipinski definition) is 1. The third-order valence-electron chi connectivity index (χ3n) is 2.68. The number of nitrogens with one attached hydrogen (secondary N) is 1. The van der Waals surface area contributed by atoms with Crippen LogP contribution in [-0.2, 0) is 0 Å². The minimum absolute atomic E-state index is 0.0826. The van der Waals surface area contributed by atoms with Crippen molar-refractivity contribution in [1.29, 1.82) is 0 Å². The zero-order valence-corrected chi connectivity index (χ0v) is 11.3. The Morgan fingerprint density at radius 2 is 2.00 bits per heavy atom. The van der Waals surface area contributed by atoms with E-state index < -0.39 is 0 Å². The molecule has 0 bridgehead atoms. The topological polar surface area (TPSA) is 21.3 Å². The Balaban J connectivity index is 2.69. The molecule has 0 saturated carbocycles. The van der Waals surface area contributed by atoms with Crippen LogP contribution in [0.25, 0.3) is 0 Å². The lowest BCUT2D eigenvalue weighted by Gasteiger charge is -2.23. The predicted molar refractivity (Wildman–Crippen MR) is 69.1 cm³/mol. The summed E-state index contributed by atoms with van der Waals surface area (Å²) >= 11 is 0. The van der Waals surface area contributed by atoms with Gasteiger partial charge in [0.15, 0.2) is 11.6 Å². The molecule has 1 unspecified atom stereocenters. The maximum Gasteiger partial charge on any atom is 0.165 e. The minimum atomic E-state index is -0.299. The molecule has 0 aromatic heterocycles. The van der Waals surface area contributed by atoms with Crippen LogP contribution in [0.2, 0.25) is 0 Å². The predicted octanol–water partition coefficient (Wildman–Crippen LogP) is 3.33. The first-order chi connectivity index (χ1) is 7.83. The van der Waals surface area contributed by atoms with E-state index in [1.807, 2.05) is 6.07 Å². The largest absolute Gasteiger partial charge is 0.494 e. The smallest absolute Gasteiger partial charge is 0.165 e. The van der Waals surface area contributed by atoms with Crippen LogP contribution in [0.3, 0.4) is 0 Å². The van der Waals surface area contributed by atoms with Crippen molar-refractivity contribution in [2.75, 3.05) is 13.7 Å². The van der Waals surface area contributed by atoms with Gasteiger partial charge in [0.2, 0.25) is 0 Å². The van der Waals surface area contributed by atoms with Crippen molar-refractivity contribution in [3.8, 4) is 5.75 Å². The zero-order chi connectivity index (χ0) is 13.1. The number of rotatable bonds is 4. The highest BCUT2D eigenvalue weighted by atomic mass is 19.1. The molecule has 1 aromatic carbocycles. The van der Waals surface area contributed by atoms with Gasteiger partial charge in [0, 0.05) is 12.1 Å². The van der Waals surface area contributed by atoms with Crippen molar-refractivity contribution in [2.45, 2.75) is 39.2 Å². The molecule has 0 amide bonds. The molecule has 1 N–H and O–H groups in total. The van der Waals surface area contributed by atoms with E-state index in [9.17, 15) is 4.39 Å². The van der Waals surface area contributed by atoms with E-state index in [2.05, 4.69) is 33.0 Å². The van der Waals surface area contributed by atoms with Gasteiger partial charge >= 0.3 is 0 Å². The molecule has 2 nitrogen and oxygen atoms in total. The van der Waals surface area contributed by atoms with Gasteiger partial charge in [-0.25, -0.2) is 4.39 Å². The van der Waals surface area contributed by atoms with Crippen LogP contribution in [-0.4, -0.2) is 19.2 Å². The molecular weight excluding hydrogens is 217 g/mol. The van der Waals surface area contributed by atoms with Crippen LogP contribution >= 0.6 is 0 Å².